The first kappa shape index (κ1) is 15.3. The number of anilines is 1. The fourth-order valence-electron chi connectivity index (χ4n) is 3.30. The van der Waals surface area contributed by atoms with Gasteiger partial charge < -0.3 is 10.6 Å². The molecule has 1 aliphatic heterocycles. The lowest BCUT2D eigenvalue weighted by atomic mass is 9.89. The average molecular weight is 305 g/mol. The summed E-state index contributed by atoms with van der Waals surface area (Å²) in [5.74, 6) is 0.0387. The number of carbonyl (C=O) groups excluding carboxylic acids is 1. The second kappa shape index (κ2) is 5.86. The Morgan fingerprint density at radius 2 is 1.87 bits per heavy atom. The molecule has 2 aromatic rings. The second-order valence-electron chi connectivity index (χ2n) is 6.04. The number of fused-ring (bicyclic) bond motifs is 1. The number of nitrogens with zero attached hydrogens (tertiary/aromatic N) is 2. The first-order valence-electron chi connectivity index (χ1n) is 7.71. The molecule has 0 fully saturated rings. The lowest BCUT2D eigenvalue weighted by Gasteiger charge is -2.37. The standard InChI is InChI=1S/C19H19N3O/c1-12-9-18(21)17-10-16(7-8-19(17)22(12)13(2)23)15-5-3-14(11-20)4-6-15/h3-8,10,12,18H,9,21H2,1-2H3/t12-,18+/m1/s1. The summed E-state index contributed by atoms with van der Waals surface area (Å²) >= 11 is 0. The van der Waals surface area contributed by atoms with E-state index in [0.717, 1.165) is 28.8 Å². The van der Waals surface area contributed by atoms with Crippen molar-refractivity contribution in [1.82, 2.24) is 0 Å². The highest BCUT2D eigenvalue weighted by atomic mass is 16.2. The van der Waals surface area contributed by atoms with Gasteiger partial charge in [0.2, 0.25) is 5.91 Å². The maximum Gasteiger partial charge on any atom is 0.224 e. The van der Waals surface area contributed by atoms with Crippen LogP contribution in [0.4, 0.5) is 5.69 Å². The number of rotatable bonds is 1. The molecule has 2 aromatic carbocycles. The number of carbonyl (C=O) groups is 1. The molecule has 1 aliphatic rings. The number of nitrogens with two attached hydrogens (primary N) is 1. The maximum atomic E-state index is 12.0. The maximum absolute atomic E-state index is 12.0. The van der Waals surface area contributed by atoms with Crippen LogP contribution < -0.4 is 10.6 Å². The molecule has 0 spiro atoms. The Hall–Kier alpha value is -2.64. The van der Waals surface area contributed by atoms with Gasteiger partial charge in [0.1, 0.15) is 0 Å². The molecule has 23 heavy (non-hydrogen) atoms. The van der Waals surface area contributed by atoms with Crippen molar-refractivity contribution in [3.05, 3.63) is 53.6 Å². The van der Waals surface area contributed by atoms with Gasteiger partial charge in [0.25, 0.3) is 0 Å². The third-order valence-electron chi connectivity index (χ3n) is 4.41. The largest absolute Gasteiger partial charge is 0.324 e. The minimum absolute atomic E-state index is 0.0387. The molecular formula is C19H19N3O. The molecule has 4 nitrogen and oxygen atoms in total. The van der Waals surface area contributed by atoms with E-state index in [1.54, 1.807) is 19.1 Å². The van der Waals surface area contributed by atoms with Gasteiger partial charge in [0, 0.05) is 24.7 Å². The number of nitriles is 1. The van der Waals surface area contributed by atoms with Crippen molar-refractivity contribution < 1.29 is 4.79 Å². The zero-order valence-electron chi connectivity index (χ0n) is 13.3. The van der Waals surface area contributed by atoms with Gasteiger partial charge in [-0.25, -0.2) is 0 Å². The van der Waals surface area contributed by atoms with Crippen LogP contribution in [0, 0.1) is 11.3 Å². The van der Waals surface area contributed by atoms with Crippen LogP contribution in [0.5, 0.6) is 0 Å². The van der Waals surface area contributed by atoms with Gasteiger partial charge in [-0.1, -0.05) is 18.2 Å². The van der Waals surface area contributed by atoms with Gasteiger partial charge in [-0.05, 0) is 54.3 Å². The van der Waals surface area contributed by atoms with Crippen LogP contribution in [-0.2, 0) is 4.79 Å². The third kappa shape index (κ3) is 2.71. The average Bonchev–Trinajstić information content (AvgIpc) is 2.54. The van der Waals surface area contributed by atoms with E-state index in [4.69, 9.17) is 11.0 Å². The highest BCUT2D eigenvalue weighted by molar-refractivity contribution is 5.94. The lowest BCUT2D eigenvalue weighted by molar-refractivity contribution is -0.117. The van der Waals surface area contributed by atoms with Gasteiger partial charge in [0.15, 0.2) is 0 Å². The zero-order valence-corrected chi connectivity index (χ0v) is 13.3. The van der Waals surface area contributed by atoms with Crippen LogP contribution in [-0.4, -0.2) is 11.9 Å². The number of hydrogen-bond donors (Lipinski definition) is 1. The van der Waals surface area contributed by atoms with E-state index in [0.29, 0.717) is 5.56 Å². The molecule has 4 heteroatoms. The molecule has 0 saturated heterocycles. The van der Waals surface area contributed by atoms with Crippen LogP contribution in [0.3, 0.4) is 0 Å². The Labute approximate surface area is 136 Å². The van der Waals surface area contributed by atoms with Crippen molar-refractivity contribution in [3.63, 3.8) is 0 Å². The second-order valence-corrected chi connectivity index (χ2v) is 6.04. The van der Waals surface area contributed by atoms with Gasteiger partial charge in [0.05, 0.1) is 11.6 Å². The molecule has 3 rings (SSSR count). The summed E-state index contributed by atoms with van der Waals surface area (Å²) in [6.07, 6.45) is 0.753. The molecule has 116 valence electrons. The molecule has 1 amide bonds. The number of benzene rings is 2. The van der Waals surface area contributed by atoms with Crippen LogP contribution in [0.2, 0.25) is 0 Å². The molecule has 0 bridgehead atoms. The lowest BCUT2D eigenvalue weighted by Crippen LogP contribution is -2.43. The summed E-state index contributed by atoms with van der Waals surface area (Å²) in [6, 6.07) is 15.7. The van der Waals surface area contributed by atoms with E-state index in [1.807, 2.05) is 36.1 Å². The highest BCUT2D eigenvalue weighted by Gasteiger charge is 2.30. The van der Waals surface area contributed by atoms with E-state index in [2.05, 4.69) is 12.1 Å². The normalized spacial score (nSPS) is 19.8. The van der Waals surface area contributed by atoms with Crippen molar-refractivity contribution in [2.75, 3.05) is 4.90 Å². The first-order chi connectivity index (χ1) is 11.0. The predicted octanol–water partition coefficient (Wildman–Crippen LogP) is 3.37. The van der Waals surface area contributed by atoms with Crippen molar-refractivity contribution in [3.8, 4) is 17.2 Å². The molecule has 1 heterocycles. The molecule has 0 unspecified atom stereocenters. The Morgan fingerprint density at radius 1 is 1.22 bits per heavy atom. The van der Waals surface area contributed by atoms with Crippen LogP contribution in [0.1, 0.15) is 37.4 Å². The summed E-state index contributed by atoms with van der Waals surface area (Å²) in [6.45, 7) is 3.62. The Kier molecular flexibility index (Phi) is 3.89. The quantitative estimate of drug-likeness (QED) is 0.878. The fourth-order valence-corrected chi connectivity index (χ4v) is 3.30. The van der Waals surface area contributed by atoms with Crippen LogP contribution in [0.25, 0.3) is 11.1 Å². The van der Waals surface area contributed by atoms with E-state index in [9.17, 15) is 4.79 Å². The Bertz CT molecular complexity index is 789. The van der Waals surface area contributed by atoms with Crippen molar-refractivity contribution in [2.24, 2.45) is 5.73 Å². The molecular weight excluding hydrogens is 286 g/mol. The van der Waals surface area contributed by atoms with Crippen molar-refractivity contribution in [2.45, 2.75) is 32.4 Å². The minimum Gasteiger partial charge on any atom is -0.324 e. The Balaban J connectivity index is 2.06. The van der Waals surface area contributed by atoms with Crippen molar-refractivity contribution in [1.29, 1.82) is 5.26 Å². The SMILES string of the molecule is CC(=O)N1c2ccc(-c3ccc(C#N)cc3)cc2[C@@H](N)C[C@H]1C. The van der Waals surface area contributed by atoms with E-state index < -0.39 is 0 Å². The van der Waals surface area contributed by atoms with E-state index in [-0.39, 0.29) is 18.0 Å². The third-order valence-corrected chi connectivity index (χ3v) is 4.41. The molecule has 2 N–H and O–H groups in total. The smallest absolute Gasteiger partial charge is 0.224 e. The monoisotopic (exact) mass is 305 g/mol. The van der Waals surface area contributed by atoms with Crippen LogP contribution >= 0.6 is 0 Å². The molecule has 0 aromatic heterocycles. The fraction of sp³-hybridized carbons (Fsp3) is 0.263. The zero-order chi connectivity index (χ0) is 16.6. The topological polar surface area (TPSA) is 70.1 Å². The van der Waals surface area contributed by atoms with Gasteiger partial charge >= 0.3 is 0 Å². The molecule has 0 aliphatic carbocycles. The van der Waals surface area contributed by atoms with Crippen LogP contribution in [0.15, 0.2) is 42.5 Å². The summed E-state index contributed by atoms with van der Waals surface area (Å²) in [7, 11) is 0. The Morgan fingerprint density at radius 3 is 2.48 bits per heavy atom. The van der Waals surface area contributed by atoms with Gasteiger partial charge in [-0.2, -0.15) is 5.26 Å². The molecule has 0 radical (unpaired) electrons. The summed E-state index contributed by atoms with van der Waals surface area (Å²) in [5.41, 5.74) is 10.9. The van der Waals surface area contributed by atoms with E-state index >= 15 is 0 Å². The van der Waals surface area contributed by atoms with Gasteiger partial charge in [-0.3, -0.25) is 4.79 Å². The van der Waals surface area contributed by atoms with Crippen molar-refractivity contribution >= 4 is 11.6 Å². The number of amides is 1. The summed E-state index contributed by atoms with van der Waals surface area (Å²) in [4.78, 5) is 13.8. The predicted molar refractivity (Wildman–Crippen MR) is 90.8 cm³/mol. The highest BCUT2D eigenvalue weighted by Crippen LogP contribution is 2.38. The summed E-state index contributed by atoms with van der Waals surface area (Å²) < 4.78 is 0. The molecule has 2 atom stereocenters. The van der Waals surface area contributed by atoms with E-state index in [1.165, 1.54) is 0 Å². The number of hydrogen-bond acceptors (Lipinski definition) is 3. The molecule has 0 saturated carbocycles. The minimum atomic E-state index is -0.0751. The summed E-state index contributed by atoms with van der Waals surface area (Å²) in [5, 5.41) is 8.89. The first-order valence-corrected chi connectivity index (χ1v) is 7.71. The van der Waals surface area contributed by atoms with Gasteiger partial charge in [-0.15, -0.1) is 0 Å².